The molecular formula is C15H21F3N4O2S. The first-order valence-electron chi connectivity index (χ1n) is 8.36. The Morgan fingerprint density at radius 3 is 2.48 bits per heavy atom. The molecule has 0 aromatic carbocycles. The van der Waals surface area contributed by atoms with E-state index in [1.54, 1.807) is 11.3 Å². The lowest BCUT2D eigenvalue weighted by Crippen LogP contribution is -2.40. The Morgan fingerprint density at radius 2 is 1.92 bits per heavy atom. The molecule has 4 rings (SSSR count). The fraction of sp³-hybridized carbons (Fsp3) is 0.800. The van der Waals surface area contributed by atoms with Gasteiger partial charge in [0.1, 0.15) is 5.51 Å². The molecule has 0 unspecified atom stereocenters. The topological polar surface area (TPSA) is 69.6 Å². The monoisotopic (exact) mass is 378 g/mol. The van der Waals surface area contributed by atoms with E-state index < -0.39 is 12.1 Å². The molecule has 2 saturated heterocycles. The van der Waals surface area contributed by atoms with Crippen LogP contribution in [0.15, 0.2) is 5.51 Å². The number of carboxylic acids is 1. The molecule has 0 amide bonds. The highest BCUT2D eigenvalue weighted by molar-refractivity contribution is 7.13. The first-order valence-corrected chi connectivity index (χ1v) is 9.24. The maximum Gasteiger partial charge on any atom is 0.490 e. The molecule has 3 fully saturated rings. The molecule has 0 spiro atoms. The maximum atomic E-state index is 10.6. The number of nitrogens with zero attached hydrogens (tertiary/aromatic N) is 4. The summed E-state index contributed by atoms with van der Waals surface area (Å²) in [5.41, 5.74) is 1.84. The summed E-state index contributed by atoms with van der Waals surface area (Å²) >= 11 is 1.68. The number of fused-ring (bicyclic) bond motifs is 1. The fourth-order valence-electron chi connectivity index (χ4n) is 3.54. The first-order chi connectivity index (χ1) is 11.8. The van der Waals surface area contributed by atoms with Crippen molar-refractivity contribution < 1.29 is 23.1 Å². The summed E-state index contributed by atoms with van der Waals surface area (Å²) in [4.78, 5) is 14.1. The number of aliphatic carboxylic acids is 1. The van der Waals surface area contributed by atoms with Crippen LogP contribution in [0.3, 0.4) is 0 Å². The zero-order valence-electron chi connectivity index (χ0n) is 13.7. The summed E-state index contributed by atoms with van der Waals surface area (Å²) < 4.78 is 31.7. The Bertz CT molecular complexity index is 580. The largest absolute Gasteiger partial charge is 0.490 e. The molecule has 3 heterocycles. The number of anilines is 1. The van der Waals surface area contributed by atoms with E-state index in [0.29, 0.717) is 0 Å². The number of carbonyl (C=O) groups is 1. The van der Waals surface area contributed by atoms with Gasteiger partial charge < -0.3 is 14.9 Å². The number of likely N-dealkylation sites (tertiary alicyclic amines) is 1. The fourth-order valence-corrected chi connectivity index (χ4v) is 4.12. The van der Waals surface area contributed by atoms with E-state index in [1.807, 2.05) is 5.51 Å². The predicted octanol–water partition coefficient (Wildman–Crippen LogP) is 2.34. The lowest BCUT2D eigenvalue weighted by Gasteiger charge is -2.34. The van der Waals surface area contributed by atoms with Gasteiger partial charge in [0.2, 0.25) is 5.13 Å². The van der Waals surface area contributed by atoms with Gasteiger partial charge in [-0.05, 0) is 43.6 Å². The molecule has 25 heavy (non-hydrogen) atoms. The van der Waals surface area contributed by atoms with Crippen molar-refractivity contribution in [1.29, 1.82) is 0 Å². The van der Waals surface area contributed by atoms with Crippen LogP contribution >= 0.6 is 11.3 Å². The smallest absolute Gasteiger partial charge is 0.475 e. The quantitative estimate of drug-likeness (QED) is 0.871. The summed E-state index contributed by atoms with van der Waals surface area (Å²) in [6, 6.07) is 0. The average Bonchev–Trinajstić information content (AvgIpc) is 3.03. The van der Waals surface area contributed by atoms with Crippen LogP contribution in [0.1, 0.15) is 19.3 Å². The lowest BCUT2D eigenvalue weighted by molar-refractivity contribution is -0.192. The van der Waals surface area contributed by atoms with Crippen LogP contribution in [0.2, 0.25) is 0 Å². The molecule has 2 atom stereocenters. The normalized spacial score (nSPS) is 26.8. The maximum absolute atomic E-state index is 10.6. The van der Waals surface area contributed by atoms with Crippen molar-refractivity contribution in [1.82, 2.24) is 15.1 Å². The highest BCUT2D eigenvalue weighted by Gasteiger charge is 2.39. The van der Waals surface area contributed by atoms with Gasteiger partial charge in [0, 0.05) is 26.2 Å². The summed E-state index contributed by atoms with van der Waals surface area (Å²) in [5, 5.41) is 16.4. The van der Waals surface area contributed by atoms with Crippen molar-refractivity contribution in [3.8, 4) is 0 Å². The number of hydrogen-bond donors (Lipinski definition) is 1. The molecule has 1 aromatic heterocycles. The van der Waals surface area contributed by atoms with Gasteiger partial charge in [-0.2, -0.15) is 13.2 Å². The Kier molecular flexibility index (Phi) is 5.47. The molecule has 1 aliphatic carbocycles. The van der Waals surface area contributed by atoms with Crippen LogP contribution in [0.25, 0.3) is 0 Å². The highest BCUT2D eigenvalue weighted by Crippen LogP contribution is 2.36. The van der Waals surface area contributed by atoms with E-state index in [9.17, 15) is 13.2 Å². The minimum Gasteiger partial charge on any atom is -0.475 e. The Morgan fingerprint density at radius 1 is 1.24 bits per heavy atom. The molecule has 6 nitrogen and oxygen atoms in total. The van der Waals surface area contributed by atoms with E-state index in [0.717, 1.165) is 22.9 Å². The van der Waals surface area contributed by atoms with Gasteiger partial charge >= 0.3 is 12.1 Å². The van der Waals surface area contributed by atoms with E-state index in [1.165, 1.54) is 52.0 Å². The summed E-state index contributed by atoms with van der Waals surface area (Å²) in [7, 11) is 0. The molecule has 1 aromatic rings. The number of aromatic nitrogens is 2. The third-order valence-electron chi connectivity index (χ3n) is 4.96. The third-order valence-corrected chi connectivity index (χ3v) is 5.71. The van der Waals surface area contributed by atoms with Crippen LogP contribution in [0, 0.1) is 17.8 Å². The molecule has 140 valence electrons. The summed E-state index contributed by atoms with van der Waals surface area (Å²) in [6.45, 7) is 6.40. The van der Waals surface area contributed by atoms with Crippen molar-refractivity contribution >= 4 is 22.4 Å². The highest BCUT2D eigenvalue weighted by atomic mass is 32.1. The zero-order valence-corrected chi connectivity index (χ0v) is 14.5. The Hall–Kier alpha value is -1.42. The van der Waals surface area contributed by atoms with Crippen LogP contribution in [0.4, 0.5) is 18.3 Å². The van der Waals surface area contributed by atoms with Crippen molar-refractivity contribution in [3.63, 3.8) is 0 Å². The number of carboxylic acid groups (broad SMARTS) is 1. The van der Waals surface area contributed by atoms with Crippen LogP contribution < -0.4 is 4.90 Å². The summed E-state index contributed by atoms with van der Waals surface area (Å²) in [6.07, 6.45) is -0.754. The zero-order chi connectivity index (χ0) is 18.0. The van der Waals surface area contributed by atoms with E-state index >= 15 is 0 Å². The second-order valence-electron chi connectivity index (χ2n) is 6.94. The van der Waals surface area contributed by atoms with E-state index in [-0.39, 0.29) is 0 Å². The molecule has 1 saturated carbocycles. The van der Waals surface area contributed by atoms with Gasteiger partial charge in [-0.25, -0.2) is 4.79 Å². The number of rotatable bonds is 3. The number of hydrogen-bond acceptors (Lipinski definition) is 6. The van der Waals surface area contributed by atoms with Gasteiger partial charge in [0.25, 0.3) is 0 Å². The van der Waals surface area contributed by atoms with Gasteiger partial charge in [-0.15, -0.1) is 10.2 Å². The van der Waals surface area contributed by atoms with Crippen molar-refractivity contribution in [3.05, 3.63) is 5.51 Å². The standard InChI is InChI=1S/C13H20N4S.C2HF3O2/c1-2-10(1)5-16-4-3-11-7-17(8-12(11)6-16)13-15-14-9-18-13;3-2(4,5)1(6)7/h9-12H,1-8H2;(H,6,7)/t11-,12-;/m1./s1. The SMILES string of the molecule is O=C(O)C(F)(F)F.c1nnc(N2C[C@H]3CCN(CC4CC4)C[C@@H]3C2)s1. The molecular weight excluding hydrogens is 357 g/mol. The number of alkyl halides is 3. The molecule has 2 aliphatic heterocycles. The van der Waals surface area contributed by atoms with Gasteiger partial charge in [0.05, 0.1) is 0 Å². The van der Waals surface area contributed by atoms with E-state index in [4.69, 9.17) is 9.90 Å². The number of halogens is 3. The third kappa shape index (κ3) is 5.04. The van der Waals surface area contributed by atoms with Crippen molar-refractivity contribution in [2.24, 2.45) is 17.8 Å². The molecule has 10 heteroatoms. The first kappa shape index (κ1) is 18.4. The van der Waals surface area contributed by atoms with Gasteiger partial charge in [0.15, 0.2) is 0 Å². The second kappa shape index (κ2) is 7.45. The molecule has 0 radical (unpaired) electrons. The summed E-state index contributed by atoms with van der Waals surface area (Å²) in [5.74, 6) is 0.0282. The Balaban J connectivity index is 0.000000225. The number of piperidine rings is 1. The minimum absolute atomic E-state index is 0.862. The lowest BCUT2D eigenvalue weighted by atomic mass is 9.88. The van der Waals surface area contributed by atoms with Crippen molar-refractivity contribution in [2.75, 3.05) is 37.6 Å². The van der Waals surface area contributed by atoms with Gasteiger partial charge in [-0.1, -0.05) is 11.3 Å². The van der Waals surface area contributed by atoms with Crippen molar-refractivity contribution in [2.45, 2.75) is 25.4 Å². The minimum atomic E-state index is -5.08. The van der Waals surface area contributed by atoms with Crippen LogP contribution in [-0.4, -0.2) is 65.1 Å². The van der Waals surface area contributed by atoms with Gasteiger partial charge in [-0.3, -0.25) is 0 Å². The van der Waals surface area contributed by atoms with Crippen LogP contribution in [0.5, 0.6) is 0 Å². The second-order valence-corrected chi connectivity index (χ2v) is 7.75. The van der Waals surface area contributed by atoms with Crippen LogP contribution in [-0.2, 0) is 4.79 Å². The molecule has 3 aliphatic rings. The Labute approximate surface area is 147 Å². The molecule has 1 N–H and O–H groups in total. The molecule has 0 bridgehead atoms. The predicted molar refractivity (Wildman–Crippen MR) is 86.6 cm³/mol. The van der Waals surface area contributed by atoms with E-state index in [2.05, 4.69) is 20.0 Å². The average molecular weight is 378 g/mol.